The van der Waals surface area contributed by atoms with E-state index in [1.807, 2.05) is 0 Å². The lowest BCUT2D eigenvalue weighted by Gasteiger charge is -2.20. The van der Waals surface area contributed by atoms with Gasteiger partial charge in [-0.05, 0) is 0 Å². The maximum Gasteiger partial charge on any atom is 0.414 e. The van der Waals surface area contributed by atoms with Crippen molar-refractivity contribution in [3.8, 4) is 0 Å². The van der Waals surface area contributed by atoms with Gasteiger partial charge < -0.3 is 9.84 Å². The number of aliphatic hydroxyl groups excluding tert-OH is 1. The van der Waals surface area contributed by atoms with Crippen molar-refractivity contribution >= 4 is 0 Å². The number of halogens is 3. The molecule has 5 heteroatoms. The molecule has 2 unspecified atom stereocenters. The number of hydrogen-bond donors (Lipinski definition) is 1. The Labute approximate surface area is 63.0 Å². The minimum Gasteiger partial charge on any atom is -0.384 e. The molecule has 0 aliphatic heterocycles. The van der Waals surface area contributed by atoms with Crippen LogP contribution in [0, 0.1) is 5.92 Å². The molecule has 0 saturated carbocycles. The van der Waals surface area contributed by atoms with Crippen molar-refractivity contribution in [3.63, 3.8) is 0 Å². The van der Waals surface area contributed by atoms with Crippen molar-refractivity contribution < 1.29 is 23.0 Å². The molecule has 0 aromatic carbocycles. The van der Waals surface area contributed by atoms with Gasteiger partial charge in [-0.2, -0.15) is 13.2 Å². The van der Waals surface area contributed by atoms with Crippen molar-refractivity contribution in [3.05, 3.63) is 0 Å². The van der Waals surface area contributed by atoms with Crippen molar-refractivity contribution in [2.75, 3.05) is 13.7 Å². The first kappa shape index (κ1) is 10.7. The van der Waals surface area contributed by atoms with E-state index in [2.05, 4.69) is 4.74 Å². The second-order valence-corrected chi connectivity index (χ2v) is 2.42. The number of methoxy groups -OCH3 is 1. The fraction of sp³-hybridized carbons (Fsp3) is 1.00. The summed E-state index contributed by atoms with van der Waals surface area (Å²) in [7, 11) is 1.29. The van der Waals surface area contributed by atoms with E-state index in [4.69, 9.17) is 5.11 Å². The second-order valence-electron chi connectivity index (χ2n) is 2.42. The Kier molecular flexibility index (Phi) is 3.82. The summed E-state index contributed by atoms with van der Waals surface area (Å²) in [6.07, 6.45) is -6.83. The molecule has 0 aromatic heterocycles. The molecular formula is C6H11F3O2. The first-order valence-corrected chi connectivity index (χ1v) is 3.13. The summed E-state index contributed by atoms with van der Waals surface area (Å²) < 4.78 is 39.6. The van der Waals surface area contributed by atoms with Gasteiger partial charge in [0.25, 0.3) is 0 Å². The molecule has 0 heterocycles. The lowest BCUT2D eigenvalue weighted by Crippen LogP contribution is -2.36. The van der Waals surface area contributed by atoms with Crippen LogP contribution in [0.4, 0.5) is 13.2 Å². The van der Waals surface area contributed by atoms with Crippen LogP contribution in [-0.2, 0) is 4.74 Å². The van der Waals surface area contributed by atoms with Crippen LogP contribution in [-0.4, -0.2) is 31.1 Å². The highest BCUT2D eigenvalue weighted by molar-refractivity contribution is 4.71. The van der Waals surface area contributed by atoms with Gasteiger partial charge in [-0.1, -0.05) is 6.92 Å². The molecule has 0 bridgehead atoms. The molecule has 11 heavy (non-hydrogen) atoms. The average molecular weight is 172 g/mol. The number of rotatable bonds is 3. The Bertz CT molecular complexity index is 113. The Morgan fingerprint density at radius 3 is 2.18 bits per heavy atom. The van der Waals surface area contributed by atoms with Gasteiger partial charge in [0.1, 0.15) is 0 Å². The second kappa shape index (κ2) is 3.92. The highest BCUT2D eigenvalue weighted by atomic mass is 19.4. The van der Waals surface area contributed by atoms with Gasteiger partial charge in [0.2, 0.25) is 0 Å². The summed E-state index contributed by atoms with van der Waals surface area (Å²) in [5.41, 5.74) is 0. The van der Waals surface area contributed by atoms with Crippen LogP contribution in [0.3, 0.4) is 0 Å². The van der Waals surface area contributed by atoms with E-state index in [9.17, 15) is 13.2 Å². The normalized spacial score (nSPS) is 18.0. The third-order valence-corrected chi connectivity index (χ3v) is 1.30. The molecule has 2 atom stereocenters. The summed E-state index contributed by atoms with van der Waals surface area (Å²) in [4.78, 5) is 0. The molecule has 0 aliphatic carbocycles. The standard InChI is InChI=1S/C6H11F3O2/c1-4(3-11-2)5(10)6(7,8)9/h4-5,10H,3H2,1-2H3. The summed E-state index contributed by atoms with van der Waals surface area (Å²) in [6.45, 7) is 1.18. The summed E-state index contributed by atoms with van der Waals surface area (Å²) in [6, 6.07) is 0. The Balaban J connectivity index is 3.91. The third kappa shape index (κ3) is 3.57. The molecule has 0 amide bonds. The molecule has 0 spiro atoms. The van der Waals surface area contributed by atoms with E-state index < -0.39 is 18.2 Å². The molecule has 0 fully saturated rings. The Morgan fingerprint density at radius 1 is 1.45 bits per heavy atom. The lowest BCUT2D eigenvalue weighted by molar-refractivity contribution is -0.221. The highest BCUT2D eigenvalue weighted by Gasteiger charge is 2.41. The van der Waals surface area contributed by atoms with E-state index in [0.717, 1.165) is 0 Å². The minimum absolute atomic E-state index is 0.0966. The zero-order valence-corrected chi connectivity index (χ0v) is 6.35. The van der Waals surface area contributed by atoms with E-state index in [1.165, 1.54) is 14.0 Å². The van der Waals surface area contributed by atoms with Crippen LogP contribution in [0.2, 0.25) is 0 Å². The molecule has 1 N–H and O–H groups in total. The molecule has 0 saturated heterocycles. The zero-order chi connectivity index (χ0) is 9.07. The van der Waals surface area contributed by atoms with Crippen LogP contribution in [0.25, 0.3) is 0 Å². The summed E-state index contributed by atoms with van der Waals surface area (Å²) >= 11 is 0. The maximum absolute atomic E-state index is 11.7. The van der Waals surface area contributed by atoms with Gasteiger partial charge in [0.15, 0.2) is 6.10 Å². The van der Waals surface area contributed by atoms with E-state index >= 15 is 0 Å². The van der Waals surface area contributed by atoms with E-state index in [1.54, 1.807) is 0 Å². The fourth-order valence-corrected chi connectivity index (χ4v) is 0.677. The van der Waals surface area contributed by atoms with Gasteiger partial charge in [-0.25, -0.2) is 0 Å². The van der Waals surface area contributed by atoms with Crippen LogP contribution in [0.5, 0.6) is 0 Å². The van der Waals surface area contributed by atoms with Crippen LogP contribution >= 0.6 is 0 Å². The van der Waals surface area contributed by atoms with Gasteiger partial charge >= 0.3 is 6.18 Å². The first-order valence-electron chi connectivity index (χ1n) is 3.13. The molecule has 0 rings (SSSR count). The fourth-order valence-electron chi connectivity index (χ4n) is 0.677. The highest BCUT2D eigenvalue weighted by Crippen LogP contribution is 2.25. The quantitative estimate of drug-likeness (QED) is 0.692. The van der Waals surface area contributed by atoms with Crippen molar-refractivity contribution in [1.82, 2.24) is 0 Å². The number of hydrogen-bond acceptors (Lipinski definition) is 2. The van der Waals surface area contributed by atoms with Crippen LogP contribution < -0.4 is 0 Å². The predicted octanol–water partition coefficient (Wildman–Crippen LogP) is 1.19. The smallest absolute Gasteiger partial charge is 0.384 e. The van der Waals surface area contributed by atoms with E-state index in [-0.39, 0.29) is 6.61 Å². The topological polar surface area (TPSA) is 29.5 Å². The van der Waals surface area contributed by atoms with Gasteiger partial charge in [0, 0.05) is 13.0 Å². The molecule has 0 aliphatic rings. The molecule has 0 radical (unpaired) electrons. The number of aliphatic hydroxyl groups is 1. The van der Waals surface area contributed by atoms with Crippen molar-refractivity contribution in [2.45, 2.75) is 19.2 Å². The van der Waals surface area contributed by atoms with Crippen LogP contribution in [0.15, 0.2) is 0 Å². The lowest BCUT2D eigenvalue weighted by atomic mass is 10.1. The maximum atomic E-state index is 11.7. The molecular weight excluding hydrogens is 161 g/mol. The van der Waals surface area contributed by atoms with Gasteiger partial charge in [-0.3, -0.25) is 0 Å². The summed E-state index contributed by atoms with van der Waals surface area (Å²) in [5, 5.41) is 8.58. The zero-order valence-electron chi connectivity index (χ0n) is 6.35. The number of alkyl halides is 3. The Hall–Kier alpha value is -0.290. The summed E-state index contributed by atoms with van der Waals surface area (Å²) in [5.74, 6) is -0.917. The first-order chi connectivity index (χ1) is 4.89. The largest absolute Gasteiger partial charge is 0.414 e. The van der Waals surface area contributed by atoms with Crippen LogP contribution in [0.1, 0.15) is 6.92 Å². The molecule has 68 valence electrons. The van der Waals surface area contributed by atoms with Crippen molar-refractivity contribution in [1.29, 1.82) is 0 Å². The third-order valence-electron chi connectivity index (χ3n) is 1.30. The molecule has 0 aromatic rings. The van der Waals surface area contributed by atoms with Crippen molar-refractivity contribution in [2.24, 2.45) is 5.92 Å². The monoisotopic (exact) mass is 172 g/mol. The predicted molar refractivity (Wildman–Crippen MR) is 33.1 cm³/mol. The minimum atomic E-state index is -4.54. The van der Waals surface area contributed by atoms with E-state index in [0.29, 0.717) is 0 Å². The Morgan fingerprint density at radius 2 is 1.91 bits per heavy atom. The molecule has 2 nitrogen and oxygen atoms in total. The average Bonchev–Trinajstić information content (AvgIpc) is 1.85. The van der Waals surface area contributed by atoms with Gasteiger partial charge in [0.05, 0.1) is 6.61 Å². The van der Waals surface area contributed by atoms with Gasteiger partial charge in [-0.15, -0.1) is 0 Å². The SMILES string of the molecule is COCC(C)C(O)C(F)(F)F. The number of ether oxygens (including phenoxy) is 1.